The number of halogens is 3. The second kappa shape index (κ2) is 7.26. The summed E-state index contributed by atoms with van der Waals surface area (Å²) in [6.45, 7) is 2.43. The van der Waals surface area contributed by atoms with E-state index in [9.17, 15) is 18.0 Å². The Hall–Kier alpha value is -2.10. The standard InChI is InChI=1S/C16H23F3N6O/c1-23(2)13-9-12(16(17,18)19)21-15(22-13)25-7-5-24(6-8-25)10-14(26)20-11-3-4-11/h9,11H,3-8,10H2,1-2H3,(H,20,26). The van der Waals surface area contributed by atoms with Crippen LogP contribution in [0.15, 0.2) is 6.07 Å². The molecule has 1 N–H and O–H groups in total. The molecule has 0 bridgehead atoms. The van der Waals surface area contributed by atoms with Crippen molar-refractivity contribution >= 4 is 17.7 Å². The molecule has 1 saturated carbocycles. The summed E-state index contributed by atoms with van der Waals surface area (Å²) < 4.78 is 39.3. The molecule has 1 aromatic rings. The lowest BCUT2D eigenvalue weighted by atomic mass is 10.3. The Kier molecular flexibility index (Phi) is 5.22. The Balaban J connectivity index is 1.64. The molecule has 0 radical (unpaired) electrons. The molecule has 0 aromatic carbocycles. The Morgan fingerprint density at radius 3 is 2.42 bits per heavy atom. The third-order valence-electron chi connectivity index (χ3n) is 4.41. The lowest BCUT2D eigenvalue weighted by Gasteiger charge is -2.34. The van der Waals surface area contributed by atoms with Crippen LogP contribution in [0.4, 0.5) is 24.9 Å². The SMILES string of the molecule is CN(C)c1cc(C(F)(F)F)nc(N2CCN(CC(=O)NC3CC3)CC2)n1. The van der Waals surface area contributed by atoms with Gasteiger partial charge in [0.15, 0.2) is 5.69 Å². The van der Waals surface area contributed by atoms with Crippen molar-refractivity contribution in [2.45, 2.75) is 25.1 Å². The molecule has 1 amide bonds. The first-order valence-electron chi connectivity index (χ1n) is 8.62. The Morgan fingerprint density at radius 1 is 1.23 bits per heavy atom. The van der Waals surface area contributed by atoms with Crippen LogP contribution in [0.1, 0.15) is 18.5 Å². The van der Waals surface area contributed by atoms with Gasteiger partial charge in [0.25, 0.3) is 0 Å². The summed E-state index contributed by atoms with van der Waals surface area (Å²) in [5.41, 5.74) is -0.947. The van der Waals surface area contributed by atoms with Crippen molar-refractivity contribution in [1.29, 1.82) is 0 Å². The number of carbonyl (C=O) groups is 1. The number of hydrogen-bond donors (Lipinski definition) is 1. The molecular formula is C16H23F3N6O. The molecule has 144 valence electrons. The Labute approximate surface area is 150 Å². The van der Waals surface area contributed by atoms with Gasteiger partial charge in [0.1, 0.15) is 5.82 Å². The number of piperazine rings is 1. The van der Waals surface area contributed by atoms with Crippen molar-refractivity contribution in [1.82, 2.24) is 20.2 Å². The summed E-state index contributed by atoms with van der Waals surface area (Å²) in [6, 6.07) is 1.27. The number of aromatic nitrogens is 2. The van der Waals surface area contributed by atoms with E-state index in [0.29, 0.717) is 38.8 Å². The van der Waals surface area contributed by atoms with Crippen LogP contribution in [0.3, 0.4) is 0 Å². The van der Waals surface area contributed by atoms with Crippen molar-refractivity contribution in [2.75, 3.05) is 56.6 Å². The molecule has 1 aliphatic carbocycles. The van der Waals surface area contributed by atoms with Gasteiger partial charge in [0.05, 0.1) is 6.54 Å². The number of anilines is 2. The van der Waals surface area contributed by atoms with E-state index in [2.05, 4.69) is 15.3 Å². The predicted molar refractivity (Wildman–Crippen MR) is 91.2 cm³/mol. The van der Waals surface area contributed by atoms with Gasteiger partial charge in [-0.05, 0) is 12.8 Å². The fourth-order valence-corrected chi connectivity index (χ4v) is 2.75. The van der Waals surface area contributed by atoms with E-state index >= 15 is 0 Å². The van der Waals surface area contributed by atoms with Crippen molar-refractivity contribution in [2.24, 2.45) is 0 Å². The van der Waals surface area contributed by atoms with Gasteiger partial charge in [-0.1, -0.05) is 0 Å². The molecule has 2 fully saturated rings. The first kappa shape index (κ1) is 18.7. The maximum atomic E-state index is 13.1. The van der Waals surface area contributed by atoms with Gasteiger partial charge >= 0.3 is 6.18 Å². The number of nitrogens with zero attached hydrogens (tertiary/aromatic N) is 5. The van der Waals surface area contributed by atoms with Gasteiger partial charge in [0.2, 0.25) is 11.9 Å². The van der Waals surface area contributed by atoms with Gasteiger partial charge < -0.3 is 15.1 Å². The minimum atomic E-state index is -4.52. The lowest BCUT2D eigenvalue weighted by molar-refractivity contribution is -0.141. The fourth-order valence-electron chi connectivity index (χ4n) is 2.75. The van der Waals surface area contributed by atoms with Crippen molar-refractivity contribution in [3.05, 3.63) is 11.8 Å². The van der Waals surface area contributed by atoms with Gasteiger partial charge in [0, 0.05) is 52.4 Å². The highest BCUT2D eigenvalue weighted by Crippen LogP contribution is 2.31. The number of alkyl halides is 3. The fraction of sp³-hybridized carbons (Fsp3) is 0.688. The van der Waals surface area contributed by atoms with E-state index in [4.69, 9.17) is 0 Å². The van der Waals surface area contributed by atoms with Crippen LogP contribution in [0.25, 0.3) is 0 Å². The van der Waals surface area contributed by atoms with Crippen LogP contribution in [-0.4, -0.2) is 73.6 Å². The number of carbonyl (C=O) groups excluding carboxylic acids is 1. The summed E-state index contributed by atoms with van der Waals surface area (Å²) in [7, 11) is 3.28. The molecule has 0 unspecified atom stereocenters. The maximum Gasteiger partial charge on any atom is 0.433 e. The number of hydrogen-bond acceptors (Lipinski definition) is 6. The van der Waals surface area contributed by atoms with E-state index < -0.39 is 11.9 Å². The summed E-state index contributed by atoms with van der Waals surface area (Å²) >= 11 is 0. The molecule has 1 aliphatic heterocycles. The maximum absolute atomic E-state index is 13.1. The second-order valence-corrected chi connectivity index (χ2v) is 6.91. The van der Waals surface area contributed by atoms with Crippen LogP contribution in [0.2, 0.25) is 0 Å². The zero-order valence-corrected chi connectivity index (χ0v) is 14.9. The monoisotopic (exact) mass is 372 g/mol. The zero-order valence-electron chi connectivity index (χ0n) is 14.9. The second-order valence-electron chi connectivity index (χ2n) is 6.91. The molecule has 1 aromatic heterocycles. The molecule has 2 aliphatic rings. The normalized spacial score (nSPS) is 18.7. The average Bonchev–Trinajstić information content (AvgIpc) is 3.38. The summed E-state index contributed by atoms with van der Waals surface area (Å²) in [6.07, 6.45) is -2.44. The third kappa shape index (κ3) is 4.75. The quantitative estimate of drug-likeness (QED) is 0.831. The first-order chi connectivity index (χ1) is 12.2. The van der Waals surface area contributed by atoms with Gasteiger partial charge in [-0.3, -0.25) is 9.69 Å². The molecule has 0 spiro atoms. The average molecular weight is 372 g/mol. The summed E-state index contributed by atoms with van der Waals surface area (Å²) in [5, 5.41) is 2.94. The highest BCUT2D eigenvalue weighted by molar-refractivity contribution is 5.78. The highest BCUT2D eigenvalue weighted by atomic mass is 19.4. The van der Waals surface area contributed by atoms with Gasteiger partial charge in [-0.15, -0.1) is 0 Å². The van der Waals surface area contributed by atoms with E-state index in [0.717, 1.165) is 18.9 Å². The van der Waals surface area contributed by atoms with Crippen LogP contribution in [0, 0.1) is 0 Å². The first-order valence-corrected chi connectivity index (χ1v) is 8.62. The minimum Gasteiger partial charge on any atom is -0.363 e. The largest absolute Gasteiger partial charge is 0.433 e. The van der Waals surface area contributed by atoms with E-state index in [1.165, 1.54) is 4.90 Å². The van der Waals surface area contributed by atoms with E-state index in [1.807, 2.05) is 4.90 Å². The van der Waals surface area contributed by atoms with Crippen molar-refractivity contribution in [3.63, 3.8) is 0 Å². The molecule has 7 nitrogen and oxygen atoms in total. The number of rotatable bonds is 5. The van der Waals surface area contributed by atoms with Crippen LogP contribution >= 0.6 is 0 Å². The van der Waals surface area contributed by atoms with Gasteiger partial charge in [-0.2, -0.15) is 18.2 Å². The van der Waals surface area contributed by atoms with Crippen LogP contribution in [0.5, 0.6) is 0 Å². The van der Waals surface area contributed by atoms with E-state index in [-0.39, 0.29) is 17.7 Å². The zero-order chi connectivity index (χ0) is 18.9. The number of nitrogens with one attached hydrogen (secondary N) is 1. The summed E-state index contributed by atoms with van der Waals surface area (Å²) in [4.78, 5) is 25.1. The molecule has 10 heteroatoms. The topological polar surface area (TPSA) is 64.6 Å². The third-order valence-corrected chi connectivity index (χ3v) is 4.41. The highest BCUT2D eigenvalue weighted by Gasteiger charge is 2.35. The van der Waals surface area contributed by atoms with Crippen LogP contribution in [-0.2, 0) is 11.0 Å². The van der Waals surface area contributed by atoms with E-state index in [1.54, 1.807) is 19.0 Å². The van der Waals surface area contributed by atoms with Gasteiger partial charge in [-0.25, -0.2) is 4.98 Å². The molecule has 1 saturated heterocycles. The number of amides is 1. The molecule has 2 heterocycles. The molecule has 0 atom stereocenters. The summed E-state index contributed by atoms with van der Waals surface area (Å²) in [5.74, 6) is 0.297. The molecule has 3 rings (SSSR count). The molecular weight excluding hydrogens is 349 g/mol. The van der Waals surface area contributed by atoms with Crippen molar-refractivity contribution < 1.29 is 18.0 Å². The predicted octanol–water partition coefficient (Wildman–Crippen LogP) is 0.962. The smallest absolute Gasteiger partial charge is 0.363 e. The van der Waals surface area contributed by atoms with Crippen molar-refractivity contribution in [3.8, 4) is 0 Å². The Morgan fingerprint density at radius 2 is 1.88 bits per heavy atom. The lowest BCUT2D eigenvalue weighted by Crippen LogP contribution is -2.50. The van der Waals surface area contributed by atoms with Crippen LogP contribution < -0.4 is 15.1 Å². The Bertz CT molecular complexity index is 654. The minimum absolute atomic E-state index is 0.00571. The molecule has 26 heavy (non-hydrogen) atoms.